The van der Waals surface area contributed by atoms with Crippen LogP contribution >= 0.6 is 0 Å². The van der Waals surface area contributed by atoms with Gasteiger partial charge in [0.05, 0.1) is 0 Å². The summed E-state index contributed by atoms with van der Waals surface area (Å²) in [6.45, 7) is 4.06. The molecule has 1 aliphatic rings. The lowest BCUT2D eigenvalue weighted by atomic mass is 10.0. The zero-order valence-electron chi connectivity index (χ0n) is 5.70. The molecule has 2 nitrogen and oxygen atoms in total. The van der Waals surface area contributed by atoms with E-state index < -0.39 is 0 Å². The lowest BCUT2D eigenvalue weighted by Crippen LogP contribution is -2.24. The van der Waals surface area contributed by atoms with Crippen molar-refractivity contribution in [1.82, 2.24) is 5.32 Å². The molecule has 50 valence electrons. The Morgan fingerprint density at radius 1 is 1.67 bits per heavy atom. The van der Waals surface area contributed by atoms with Crippen LogP contribution < -0.4 is 5.32 Å². The van der Waals surface area contributed by atoms with Crippen molar-refractivity contribution < 1.29 is 0 Å². The minimum Gasteiger partial charge on any atom is -0.312 e. The molecular weight excluding hydrogens is 112 g/mol. The summed E-state index contributed by atoms with van der Waals surface area (Å²) in [5, 5.41) is 10.2. The zero-order valence-corrected chi connectivity index (χ0v) is 5.70. The van der Waals surface area contributed by atoms with E-state index >= 15 is 0 Å². The van der Waals surface area contributed by atoms with Crippen molar-refractivity contribution in [3.8, 4) is 0 Å². The first-order chi connectivity index (χ1) is 4.34. The van der Waals surface area contributed by atoms with Crippen molar-refractivity contribution in [1.29, 1.82) is 5.41 Å². The SMILES string of the molecule is CC1=C(C=N)CNCC1. The Kier molecular flexibility index (Phi) is 2.01. The minimum atomic E-state index is 0.884. The van der Waals surface area contributed by atoms with Gasteiger partial charge < -0.3 is 10.7 Å². The Balaban J connectivity index is 2.70. The van der Waals surface area contributed by atoms with Crippen molar-refractivity contribution in [3.63, 3.8) is 0 Å². The molecule has 0 aromatic heterocycles. The van der Waals surface area contributed by atoms with Gasteiger partial charge in [-0.15, -0.1) is 0 Å². The molecule has 1 heterocycles. The van der Waals surface area contributed by atoms with Crippen LogP contribution in [-0.4, -0.2) is 19.3 Å². The highest BCUT2D eigenvalue weighted by molar-refractivity contribution is 5.77. The standard InChI is InChI=1S/C7H12N2/c1-6-2-3-9-5-7(6)4-8/h4,8-9H,2-3,5H2,1H3. The Bertz CT molecular complexity index is 147. The zero-order chi connectivity index (χ0) is 6.69. The molecule has 1 rings (SSSR count). The summed E-state index contributed by atoms with van der Waals surface area (Å²) in [5.74, 6) is 0. The summed E-state index contributed by atoms with van der Waals surface area (Å²) in [5.41, 5.74) is 2.52. The van der Waals surface area contributed by atoms with E-state index in [1.807, 2.05) is 0 Å². The van der Waals surface area contributed by atoms with E-state index in [0.29, 0.717) is 0 Å². The predicted octanol–water partition coefficient (Wildman–Crippen LogP) is 0.946. The van der Waals surface area contributed by atoms with Gasteiger partial charge in [-0.1, -0.05) is 5.57 Å². The van der Waals surface area contributed by atoms with Gasteiger partial charge in [0.25, 0.3) is 0 Å². The molecule has 0 aliphatic carbocycles. The van der Waals surface area contributed by atoms with Crippen molar-refractivity contribution in [2.75, 3.05) is 13.1 Å². The lowest BCUT2D eigenvalue weighted by molar-refractivity contribution is 0.692. The van der Waals surface area contributed by atoms with Crippen LogP contribution in [0.4, 0.5) is 0 Å². The van der Waals surface area contributed by atoms with Gasteiger partial charge in [0.15, 0.2) is 0 Å². The molecular formula is C7H12N2. The monoisotopic (exact) mass is 124 g/mol. The summed E-state index contributed by atoms with van der Waals surface area (Å²) >= 11 is 0. The molecule has 2 N–H and O–H groups in total. The summed E-state index contributed by atoms with van der Waals surface area (Å²) < 4.78 is 0. The summed E-state index contributed by atoms with van der Waals surface area (Å²) in [4.78, 5) is 0. The summed E-state index contributed by atoms with van der Waals surface area (Å²) in [6, 6.07) is 0. The predicted molar refractivity (Wildman–Crippen MR) is 39.0 cm³/mol. The fraction of sp³-hybridized carbons (Fsp3) is 0.571. The maximum atomic E-state index is 7.00. The summed E-state index contributed by atoms with van der Waals surface area (Å²) in [7, 11) is 0. The molecule has 0 aromatic carbocycles. The average Bonchev–Trinajstić information content (AvgIpc) is 1.89. The maximum Gasteiger partial charge on any atom is 0.0222 e. The second kappa shape index (κ2) is 2.78. The minimum absolute atomic E-state index is 0.884. The van der Waals surface area contributed by atoms with Crippen LogP contribution in [0, 0.1) is 5.41 Å². The highest BCUT2D eigenvalue weighted by Crippen LogP contribution is 2.08. The van der Waals surface area contributed by atoms with Gasteiger partial charge in [-0.05, 0) is 25.5 Å². The van der Waals surface area contributed by atoms with Gasteiger partial charge in [0.1, 0.15) is 0 Å². The quantitative estimate of drug-likeness (QED) is 0.501. The van der Waals surface area contributed by atoms with Crippen molar-refractivity contribution in [2.24, 2.45) is 0 Å². The van der Waals surface area contributed by atoms with Gasteiger partial charge >= 0.3 is 0 Å². The smallest absolute Gasteiger partial charge is 0.0222 e. The topological polar surface area (TPSA) is 35.9 Å². The van der Waals surface area contributed by atoms with Crippen LogP contribution in [0.1, 0.15) is 13.3 Å². The summed E-state index contributed by atoms with van der Waals surface area (Å²) in [6.07, 6.45) is 2.55. The van der Waals surface area contributed by atoms with E-state index in [2.05, 4.69) is 12.2 Å². The molecule has 0 bridgehead atoms. The van der Waals surface area contributed by atoms with Crippen molar-refractivity contribution in [3.05, 3.63) is 11.1 Å². The highest BCUT2D eigenvalue weighted by Gasteiger charge is 2.04. The average molecular weight is 124 g/mol. The molecule has 0 aromatic rings. The van der Waals surface area contributed by atoms with E-state index in [9.17, 15) is 0 Å². The third-order valence-corrected chi connectivity index (χ3v) is 1.71. The molecule has 0 radical (unpaired) electrons. The van der Waals surface area contributed by atoms with Crippen LogP contribution in [0.5, 0.6) is 0 Å². The molecule has 0 fully saturated rings. The molecule has 0 saturated heterocycles. The number of nitrogens with one attached hydrogen (secondary N) is 2. The first-order valence-corrected chi connectivity index (χ1v) is 3.24. The molecule has 0 saturated carbocycles. The van der Waals surface area contributed by atoms with Crippen molar-refractivity contribution in [2.45, 2.75) is 13.3 Å². The normalized spacial score (nSPS) is 20.1. The first-order valence-electron chi connectivity index (χ1n) is 3.24. The van der Waals surface area contributed by atoms with Crippen LogP contribution in [0.3, 0.4) is 0 Å². The van der Waals surface area contributed by atoms with Crippen LogP contribution in [0.25, 0.3) is 0 Å². The number of hydrogen-bond acceptors (Lipinski definition) is 2. The van der Waals surface area contributed by atoms with E-state index in [-0.39, 0.29) is 0 Å². The van der Waals surface area contributed by atoms with E-state index in [1.165, 1.54) is 11.8 Å². The van der Waals surface area contributed by atoms with Gasteiger partial charge in [0.2, 0.25) is 0 Å². The molecule has 0 atom stereocenters. The fourth-order valence-electron chi connectivity index (χ4n) is 0.985. The molecule has 2 heteroatoms. The van der Waals surface area contributed by atoms with E-state index in [1.54, 1.807) is 0 Å². The molecule has 1 aliphatic heterocycles. The van der Waals surface area contributed by atoms with Crippen molar-refractivity contribution >= 4 is 6.21 Å². The molecule has 0 unspecified atom stereocenters. The second-order valence-electron chi connectivity index (χ2n) is 2.38. The largest absolute Gasteiger partial charge is 0.312 e. The van der Waals surface area contributed by atoms with E-state index in [0.717, 1.165) is 25.1 Å². The lowest BCUT2D eigenvalue weighted by Gasteiger charge is -2.14. The molecule has 9 heavy (non-hydrogen) atoms. The van der Waals surface area contributed by atoms with E-state index in [4.69, 9.17) is 5.41 Å². The Hall–Kier alpha value is -0.630. The van der Waals surface area contributed by atoms with Crippen LogP contribution in [0.15, 0.2) is 11.1 Å². The Labute approximate surface area is 55.5 Å². The van der Waals surface area contributed by atoms with Crippen LogP contribution in [-0.2, 0) is 0 Å². The van der Waals surface area contributed by atoms with Crippen LogP contribution in [0.2, 0.25) is 0 Å². The van der Waals surface area contributed by atoms with Gasteiger partial charge in [-0.3, -0.25) is 0 Å². The third kappa shape index (κ3) is 1.39. The highest BCUT2D eigenvalue weighted by atomic mass is 14.9. The van der Waals surface area contributed by atoms with Gasteiger partial charge in [0, 0.05) is 12.8 Å². The van der Waals surface area contributed by atoms with Gasteiger partial charge in [-0.25, -0.2) is 0 Å². The number of hydrogen-bond donors (Lipinski definition) is 2. The second-order valence-corrected chi connectivity index (χ2v) is 2.38. The third-order valence-electron chi connectivity index (χ3n) is 1.71. The first kappa shape index (κ1) is 6.49. The maximum absolute atomic E-state index is 7.00. The molecule has 0 spiro atoms. The number of rotatable bonds is 1. The molecule has 0 amide bonds. The Morgan fingerprint density at radius 2 is 2.44 bits per heavy atom. The Morgan fingerprint density at radius 3 is 2.89 bits per heavy atom. The fourth-order valence-corrected chi connectivity index (χ4v) is 0.985. The van der Waals surface area contributed by atoms with Gasteiger partial charge in [-0.2, -0.15) is 0 Å².